The van der Waals surface area contributed by atoms with E-state index in [-0.39, 0.29) is 22.7 Å². The minimum absolute atomic E-state index is 0.0375. The Bertz CT molecular complexity index is 957. The minimum atomic E-state index is -3.75. The highest BCUT2D eigenvalue weighted by atomic mass is 32.2. The van der Waals surface area contributed by atoms with Crippen LogP contribution in [0.5, 0.6) is 5.75 Å². The molecule has 3 aliphatic rings. The van der Waals surface area contributed by atoms with Crippen molar-refractivity contribution in [1.29, 1.82) is 0 Å². The molecule has 0 N–H and O–H groups in total. The lowest BCUT2D eigenvalue weighted by Gasteiger charge is -2.55. The Kier molecular flexibility index (Phi) is 4.51. The van der Waals surface area contributed by atoms with Crippen LogP contribution in [0.2, 0.25) is 0 Å². The lowest BCUT2D eigenvalue weighted by molar-refractivity contribution is 0.0874. The van der Waals surface area contributed by atoms with Gasteiger partial charge in [-0.15, -0.1) is 0 Å². The molecule has 1 aromatic heterocycles. The summed E-state index contributed by atoms with van der Waals surface area (Å²) in [7, 11) is -3.75. The van der Waals surface area contributed by atoms with Crippen LogP contribution in [0, 0.1) is 12.7 Å². The molecule has 2 unspecified atom stereocenters. The first kappa shape index (κ1) is 18.1. The number of piperidine rings is 1. The molecule has 1 aromatic carbocycles. The smallest absolute Gasteiger partial charge is 0.243 e. The van der Waals surface area contributed by atoms with Gasteiger partial charge >= 0.3 is 0 Å². The molecule has 3 saturated heterocycles. The topological polar surface area (TPSA) is 75.6 Å². The van der Waals surface area contributed by atoms with Crippen molar-refractivity contribution in [3.8, 4) is 5.75 Å². The van der Waals surface area contributed by atoms with Gasteiger partial charge in [0.05, 0.1) is 11.5 Å². The van der Waals surface area contributed by atoms with Gasteiger partial charge in [0.15, 0.2) is 11.6 Å². The normalized spacial score (nSPS) is 22.4. The van der Waals surface area contributed by atoms with Crippen molar-refractivity contribution in [2.24, 2.45) is 0 Å². The van der Waals surface area contributed by atoms with Crippen LogP contribution >= 0.6 is 0 Å². The van der Waals surface area contributed by atoms with E-state index in [0.29, 0.717) is 19.7 Å². The van der Waals surface area contributed by atoms with Gasteiger partial charge in [0.25, 0.3) is 0 Å². The Hall–Kier alpha value is -2.26. The molecule has 7 nitrogen and oxygen atoms in total. The maximum absolute atomic E-state index is 14.1. The number of aromatic nitrogens is 2. The van der Waals surface area contributed by atoms with E-state index < -0.39 is 15.8 Å². The fourth-order valence-corrected chi connectivity index (χ4v) is 5.63. The number of fused-ring (bicyclic) bond motifs is 2. The second-order valence-corrected chi connectivity index (χ2v) is 8.67. The number of anilines is 1. The molecular formula is C18H21FN4O3S. The van der Waals surface area contributed by atoms with Gasteiger partial charge in [-0.2, -0.15) is 4.31 Å². The zero-order chi connectivity index (χ0) is 19.2. The molecular weight excluding hydrogens is 371 g/mol. The molecule has 2 bridgehead atoms. The van der Waals surface area contributed by atoms with Gasteiger partial charge in [-0.25, -0.2) is 22.8 Å². The number of hydrogen-bond donors (Lipinski definition) is 0. The highest BCUT2D eigenvalue weighted by Crippen LogP contribution is 2.39. The maximum Gasteiger partial charge on any atom is 0.243 e. The van der Waals surface area contributed by atoms with Crippen LogP contribution in [-0.4, -0.2) is 54.5 Å². The number of piperazine rings is 1. The number of nitrogens with zero attached hydrogens (tertiary/aromatic N) is 4. The number of sulfonamides is 1. The summed E-state index contributed by atoms with van der Waals surface area (Å²) < 4.78 is 46.8. The Balaban J connectivity index is 1.54. The number of aryl methyl sites for hydroxylation is 1. The summed E-state index contributed by atoms with van der Waals surface area (Å²) in [4.78, 5) is 10.4. The quantitative estimate of drug-likeness (QED) is 0.775. The van der Waals surface area contributed by atoms with Crippen LogP contribution in [0.1, 0.15) is 19.0 Å². The third-order valence-corrected chi connectivity index (χ3v) is 7.02. The van der Waals surface area contributed by atoms with Crippen molar-refractivity contribution < 1.29 is 17.5 Å². The molecule has 0 aliphatic carbocycles. The number of benzene rings is 1. The van der Waals surface area contributed by atoms with Gasteiger partial charge in [-0.05, 0) is 38.5 Å². The molecule has 9 heteroatoms. The van der Waals surface area contributed by atoms with E-state index in [2.05, 4.69) is 14.9 Å². The second-order valence-electron chi connectivity index (χ2n) is 6.83. The molecule has 4 heterocycles. The third-order valence-electron chi connectivity index (χ3n) is 5.02. The van der Waals surface area contributed by atoms with E-state index >= 15 is 0 Å². The molecule has 27 heavy (non-hydrogen) atoms. The van der Waals surface area contributed by atoms with Crippen molar-refractivity contribution in [3.05, 3.63) is 42.1 Å². The fraction of sp³-hybridized carbons (Fsp3) is 0.444. The van der Waals surface area contributed by atoms with E-state index in [0.717, 1.165) is 24.0 Å². The van der Waals surface area contributed by atoms with Crippen molar-refractivity contribution in [2.45, 2.75) is 37.2 Å². The van der Waals surface area contributed by atoms with Crippen LogP contribution in [0.3, 0.4) is 0 Å². The molecule has 0 spiro atoms. The van der Waals surface area contributed by atoms with Crippen LogP contribution in [0.25, 0.3) is 0 Å². The van der Waals surface area contributed by atoms with Gasteiger partial charge in [-0.1, -0.05) is 0 Å². The van der Waals surface area contributed by atoms with Crippen molar-refractivity contribution >= 4 is 15.8 Å². The van der Waals surface area contributed by atoms with Gasteiger partial charge in [-0.3, -0.25) is 0 Å². The third kappa shape index (κ3) is 3.14. The average Bonchev–Trinajstić information content (AvgIpc) is 2.63. The Morgan fingerprint density at radius 3 is 2.59 bits per heavy atom. The van der Waals surface area contributed by atoms with Crippen molar-refractivity contribution in [2.75, 3.05) is 24.6 Å². The summed E-state index contributed by atoms with van der Waals surface area (Å²) in [5.74, 6) is 0.202. The molecule has 0 amide bonds. The van der Waals surface area contributed by atoms with Gasteiger partial charge in [0.1, 0.15) is 12.1 Å². The van der Waals surface area contributed by atoms with Crippen LogP contribution < -0.4 is 9.64 Å². The van der Waals surface area contributed by atoms with Gasteiger partial charge in [0.2, 0.25) is 10.0 Å². The highest BCUT2D eigenvalue weighted by Gasteiger charge is 2.51. The molecule has 2 atom stereocenters. The lowest BCUT2D eigenvalue weighted by Crippen LogP contribution is -2.70. The molecule has 5 rings (SSSR count). The Morgan fingerprint density at radius 2 is 1.96 bits per heavy atom. The first-order valence-corrected chi connectivity index (χ1v) is 10.3. The average molecular weight is 392 g/mol. The van der Waals surface area contributed by atoms with E-state index in [4.69, 9.17) is 4.74 Å². The number of ether oxygens (including phenoxy) is 1. The Labute approximate surface area is 157 Å². The van der Waals surface area contributed by atoms with Crippen LogP contribution in [0.15, 0.2) is 35.5 Å². The predicted octanol–water partition coefficient (Wildman–Crippen LogP) is 1.97. The van der Waals surface area contributed by atoms with E-state index in [1.165, 1.54) is 22.8 Å². The summed E-state index contributed by atoms with van der Waals surface area (Å²) in [5, 5.41) is 0. The molecule has 2 aromatic rings. The number of hydrogen-bond acceptors (Lipinski definition) is 6. The number of halogens is 1. The van der Waals surface area contributed by atoms with Crippen LogP contribution in [-0.2, 0) is 10.0 Å². The van der Waals surface area contributed by atoms with Gasteiger partial charge in [0, 0.05) is 36.9 Å². The second kappa shape index (κ2) is 6.72. The summed E-state index contributed by atoms with van der Waals surface area (Å²) in [6.45, 7) is 5.08. The van der Waals surface area contributed by atoms with E-state index in [1.807, 2.05) is 13.0 Å². The van der Waals surface area contributed by atoms with Crippen LogP contribution in [0.4, 0.5) is 10.2 Å². The predicted molar refractivity (Wildman–Crippen MR) is 97.8 cm³/mol. The first-order chi connectivity index (χ1) is 12.9. The molecule has 144 valence electrons. The zero-order valence-electron chi connectivity index (χ0n) is 15.2. The molecule has 0 radical (unpaired) electrons. The molecule has 3 fully saturated rings. The van der Waals surface area contributed by atoms with Crippen molar-refractivity contribution in [1.82, 2.24) is 14.3 Å². The van der Waals surface area contributed by atoms with Crippen molar-refractivity contribution in [3.63, 3.8) is 0 Å². The molecule has 0 saturated carbocycles. The SMILES string of the molecule is CCOc1ccc(S(=O)(=O)N2C3CC2CN(c2cc(C)ncn2)C3)cc1F. The van der Waals surface area contributed by atoms with Gasteiger partial charge < -0.3 is 9.64 Å². The standard InChI is InChI=1S/C18H21FN4O3S/c1-3-26-17-5-4-15(8-16(17)19)27(24,25)23-13-7-14(23)10-22(9-13)18-6-12(2)20-11-21-18/h4-6,8,11,13-14H,3,7,9-10H2,1-2H3. The largest absolute Gasteiger partial charge is 0.491 e. The Morgan fingerprint density at radius 1 is 1.22 bits per heavy atom. The number of rotatable bonds is 5. The summed E-state index contributed by atoms with van der Waals surface area (Å²) >= 11 is 0. The van der Waals surface area contributed by atoms with E-state index in [9.17, 15) is 12.8 Å². The zero-order valence-corrected chi connectivity index (χ0v) is 16.0. The monoisotopic (exact) mass is 392 g/mol. The summed E-state index contributed by atoms with van der Waals surface area (Å²) in [5.41, 5.74) is 0.869. The molecule has 3 aliphatic heterocycles. The minimum Gasteiger partial charge on any atom is -0.491 e. The maximum atomic E-state index is 14.1. The van der Waals surface area contributed by atoms with E-state index in [1.54, 1.807) is 6.92 Å². The summed E-state index contributed by atoms with van der Waals surface area (Å²) in [6, 6.07) is 5.43. The fourth-order valence-electron chi connectivity index (χ4n) is 3.80. The lowest BCUT2D eigenvalue weighted by atomic mass is 9.91. The first-order valence-electron chi connectivity index (χ1n) is 8.89. The summed E-state index contributed by atoms with van der Waals surface area (Å²) in [6.07, 6.45) is 2.32. The highest BCUT2D eigenvalue weighted by molar-refractivity contribution is 7.89.